The summed E-state index contributed by atoms with van der Waals surface area (Å²) < 4.78 is 36.9. The molecule has 0 atom stereocenters. The van der Waals surface area contributed by atoms with Gasteiger partial charge in [-0.2, -0.15) is 4.31 Å². The summed E-state index contributed by atoms with van der Waals surface area (Å²) in [6.07, 6.45) is 1.43. The van der Waals surface area contributed by atoms with E-state index >= 15 is 0 Å². The second kappa shape index (κ2) is 7.81. The number of nitrogens with zero attached hydrogens (tertiary/aromatic N) is 1. The lowest BCUT2D eigenvalue weighted by molar-refractivity contribution is 0.0729. The summed E-state index contributed by atoms with van der Waals surface area (Å²) in [5.41, 5.74) is 1.44. The Morgan fingerprint density at radius 2 is 1.80 bits per heavy atom. The highest BCUT2D eigenvalue weighted by atomic mass is 32.2. The number of rotatable bonds is 6. The fourth-order valence-electron chi connectivity index (χ4n) is 2.65. The van der Waals surface area contributed by atoms with Gasteiger partial charge in [0.25, 0.3) is 5.91 Å². The third-order valence-electron chi connectivity index (χ3n) is 4.00. The molecule has 1 saturated heterocycles. The van der Waals surface area contributed by atoms with Gasteiger partial charge in [0.1, 0.15) is 0 Å². The molecule has 2 aromatic rings. The lowest BCUT2D eigenvalue weighted by atomic mass is 10.1. The van der Waals surface area contributed by atoms with Crippen molar-refractivity contribution >= 4 is 15.9 Å². The Morgan fingerprint density at radius 1 is 1.08 bits per heavy atom. The van der Waals surface area contributed by atoms with Gasteiger partial charge in [0.2, 0.25) is 10.0 Å². The van der Waals surface area contributed by atoms with E-state index in [1.165, 1.54) is 10.6 Å². The third-order valence-corrected chi connectivity index (χ3v) is 5.83. The van der Waals surface area contributed by atoms with Crippen LogP contribution in [-0.4, -0.2) is 44.9 Å². The number of carbonyl (C=O) groups excluding carboxylic acids is 1. The molecule has 1 aliphatic heterocycles. The molecule has 0 spiro atoms. The Balaban J connectivity index is 1.69. The van der Waals surface area contributed by atoms with Gasteiger partial charge >= 0.3 is 0 Å². The molecule has 8 heteroatoms. The lowest BCUT2D eigenvalue weighted by Gasteiger charge is -2.26. The fraction of sp³-hybridized carbons (Fsp3) is 0.353. The van der Waals surface area contributed by atoms with E-state index in [2.05, 4.69) is 5.32 Å². The van der Waals surface area contributed by atoms with E-state index in [0.29, 0.717) is 31.9 Å². The van der Waals surface area contributed by atoms with Gasteiger partial charge in [-0.05, 0) is 23.3 Å². The van der Waals surface area contributed by atoms with Crippen molar-refractivity contribution in [3.05, 3.63) is 59.5 Å². The van der Waals surface area contributed by atoms with Crippen molar-refractivity contribution in [3.63, 3.8) is 0 Å². The first-order chi connectivity index (χ1) is 12.1. The van der Waals surface area contributed by atoms with Gasteiger partial charge in [0, 0.05) is 19.6 Å². The zero-order chi connectivity index (χ0) is 17.7. The average Bonchev–Trinajstić information content (AvgIpc) is 3.16. The van der Waals surface area contributed by atoms with Crippen LogP contribution in [0.15, 0.2) is 47.1 Å². The van der Waals surface area contributed by atoms with Crippen molar-refractivity contribution in [3.8, 4) is 0 Å². The van der Waals surface area contributed by atoms with Crippen LogP contribution in [-0.2, 0) is 27.1 Å². The first-order valence-electron chi connectivity index (χ1n) is 8.00. The zero-order valence-corrected chi connectivity index (χ0v) is 14.5. The number of morpholine rings is 1. The number of furan rings is 1. The van der Waals surface area contributed by atoms with E-state index in [9.17, 15) is 13.2 Å². The summed E-state index contributed by atoms with van der Waals surface area (Å²) in [5.74, 6) is -0.214. The smallest absolute Gasteiger partial charge is 0.287 e. The van der Waals surface area contributed by atoms with Crippen LogP contribution in [0.2, 0.25) is 0 Å². The standard InChI is InChI=1S/C17H20N2O5S/c20-17(16-6-3-9-24-16)18-12-14-4-1-2-5-15(14)13-25(21,22)19-7-10-23-11-8-19/h1-6,9H,7-8,10-13H2,(H,18,20). The number of benzene rings is 1. The van der Waals surface area contributed by atoms with Crippen molar-refractivity contribution in [2.24, 2.45) is 0 Å². The SMILES string of the molecule is O=C(NCc1ccccc1CS(=O)(=O)N1CCOCC1)c1ccco1. The van der Waals surface area contributed by atoms with Crippen LogP contribution < -0.4 is 5.32 Å². The number of carbonyl (C=O) groups is 1. The molecular formula is C17H20N2O5S. The number of sulfonamides is 1. The molecule has 0 radical (unpaired) electrons. The van der Waals surface area contributed by atoms with Crippen LogP contribution in [0.4, 0.5) is 0 Å². The average molecular weight is 364 g/mol. The highest BCUT2D eigenvalue weighted by Crippen LogP contribution is 2.16. The maximum atomic E-state index is 12.6. The molecule has 1 aromatic carbocycles. The van der Waals surface area contributed by atoms with Crippen molar-refractivity contribution < 1.29 is 22.4 Å². The highest BCUT2D eigenvalue weighted by Gasteiger charge is 2.25. The predicted molar refractivity (Wildman–Crippen MR) is 91.3 cm³/mol. The number of hydrogen-bond donors (Lipinski definition) is 1. The van der Waals surface area contributed by atoms with E-state index in [4.69, 9.17) is 9.15 Å². The minimum atomic E-state index is -3.42. The number of ether oxygens (including phenoxy) is 1. The fourth-order valence-corrected chi connectivity index (χ4v) is 4.22. The van der Waals surface area contributed by atoms with Gasteiger partial charge in [-0.1, -0.05) is 24.3 Å². The van der Waals surface area contributed by atoms with Crippen molar-refractivity contribution in [1.29, 1.82) is 0 Å². The van der Waals surface area contributed by atoms with Crippen LogP contribution in [0.1, 0.15) is 21.7 Å². The highest BCUT2D eigenvalue weighted by molar-refractivity contribution is 7.88. The Bertz CT molecular complexity index is 811. The second-order valence-electron chi connectivity index (χ2n) is 5.70. The van der Waals surface area contributed by atoms with E-state index in [-0.39, 0.29) is 24.0 Å². The summed E-state index contributed by atoms with van der Waals surface area (Å²) in [6, 6.07) is 10.4. The van der Waals surface area contributed by atoms with Gasteiger partial charge in [0.05, 0.1) is 25.2 Å². The van der Waals surface area contributed by atoms with Gasteiger partial charge in [-0.25, -0.2) is 8.42 Å². The first-order valence-corrected chi connectivity index (χ1v) is 9.61. The molecule has 25 heavy (non-hydrogen) atoms. The maximum Gasteiger partial charge on any atom is 0.287 e. The van der Waals surface area contributed by atoms with Crippen LogP contribution in [0, 0.1) is 0 Å². The van der Waals surface area contributed by atoms with Crippen molar-refractivity contribution in [1.82, 2.24) is 9.62 Å². The molecule has 134 valence electrons. The number of amides is 1. The molecule has 1 N–H and O–H groups in total. The second-order valence-corrected chi connectivity index (χ2v) is 7.67. The summed E-state index contributed by atoms with van der Waals surface area (Å²) in [4.78, 5) is 12.0. The van der Waals surface area contributed by atoms with Gasteiger partial charge in [-0.15, -0.1) is 0 Å². The largest absolute Gasteiger partial charge is 0.459 e. The van der Waals surface area contributed by atoms with Crippen LogP contribution >= 0.6 is 0 Å². The monoisotopic (exact) mass is 364 g/mol. The summed E-state index contributed by atoms with van der Waals surface area (Å²) in [5, 5.41) is 2.75. The maximum absolute atomic E-state index is 12.6. The number of nitrogens with one attached hydrogen (secondary N) is 1. The molecule has 1 fully saturated rings. The van der Waals surface area contributed by atoms with Crippen LogP contribution in [0.3, 0.4) is 0 Å². The van der Waals surface area contributed by atoms with E-state index < -0.39 is 10.0 Å². The molecular weight excluding hydrogens is 344 g/mol. The van der Waals surface area contributed by atoms with Crippen molar-refractivity contribution in [2.75, 3.05) is 26.3 Å². The lowest BCUT2D eigenvalue weighted by Crippen LogP contribution is -2.41. The van der Waals surface area contributed by atoms with E-state index in [1.807, 2.05) is 12.1 Å². The Labute approximate surface area is 146 Å². The van der Waals surface area contributed by atoms with Gasteiger partial charge < -0.3 is 14.5 Å². The molecule has 0 saturated carbocycles. The topological polar surface area (TPSA) is 88.9 Å². The van der Waals surface area contributed by atoms with E-state index in [1.54, 1.807) is 24.3 Å². The summed E-state index contributed by atoms with van der Waals surface area (Å²) in [7, 11) is -3.42. The minimum absolute atomic E-state index is 0.0974. The molecule has 0 unspecified atom stereocenters. The Morgan fingerprint density at radius 3 is 2.48 bits per heavy atom. The van der Waals surface area contributed by atoms with Crippen molar-refractivity contribution in [2.45, 2.75) is 12.3 Å². The molecule has 7 nitrogen and oxygen atoms in total. The molecule has 1 aromatic heterocycles. The first kappa shape index (κ1) is 17.7. The molecule has 0 bridgehead atoms. The van der Waals surface area contributed by atoms with Gasteiger partial charge in [0.15, 0.2) is 5.76 Å². The molecule has 1 aliphatic rings. The predicted octanol–water partition coefficient (Wildman–Crippen LogP) is 1.37. The van der Waals surface area contributed by atoms with Gasteiger partial charge in [-0.3, -0.25) is 4.79 Å². The summed E-state index contributed by atoms with van der Waals surface area (Å²) in [6.45, 7) is 1.81. The van der Waals surface area contributed by atoms with Crippen LogP contribution in [0.25, 0.3) is 0 Å². The molecule has 3 rings (SSSR count). The summed E-state index contributed by atoms with van der Waals surface area (Å²) >= 11 is 0. The zero-order valence-electron chi connectivity index (χ0n) is 13.7. The van der Waals surface area contributed by atoms with Crippen LogP contribution in [0.5, 0.6) is 0 Å². The Kier molecular flexibility index (Phi) is 5.52. The number of hydrogen-bond acceptors (Lipinski definition) is 5. The van der Waals surface area contributed by atoms with E-state index in [0.717, 1.165) is 5.56 Å². The third kappa shape index (κ3) is 4.47. The Hall–Kier alpha value is -2.16. The normalized spacial score (nSPS) is 15.8. The molecule has 1 amide bonds. The minimum Gasteiger partial charge on any atom is -0.459 e. The quantitative estimate of drug-likeness (QED) is 0.836. The molecule has 0 aliphatic carbocycles. The molecule has 2 heterocycles.